The van der Waals surface area contributed by atoms with Gasteiger partial charge in [-0.25, -0.2) is 4.79 Å². The summed E-state index contributed by atoms with van der Waals surface area (Å²) >= 11 is 5.85. The molecule has 2 aromatic carbocycles. The zero-order valence-electron chi connectivity index (χ0n) is 14.0. The van der Waals surface area contributed by atoms with E-state index in [1.54, 1.807) is 55.6 Å². The Hall–Kier alpha value is -2.08. The van der Waals surface area contributed by atoms with Crippen molar-refractivity contribution < 1.29 is 23.7 Å². The second kappa shape index (κ2) is 10.7. The summed E-state index contributed by atoms with van der Waals surface area (Å²) in [6.07, 6.45) is -0.541. The van der Waals surface area contributed by atoms with Crippen molar-refractivity contribution in [2.24, 2.45) is 0 Å². The Balaban J connectivity index is 1.91. The molecule has 0 aliphatic heterocycles. The number of carbonyl (C=O) groups excluding carboxylic acids is 1. The van der Waals surface area contributed by atoms with E-state index in [0.717, 1.165) is 0 Å². The highest BCUT2D eigenvalue weighted by molar-refractivity contribution is 6.30. The van der Waals surface area contributed by atoms with E-state index in [4.69, 9.17) is 30.5 Å². The maximum atomic E-state index is 12.2. The fraction of sp³-hybridized carbons (Fsp3) is 0.316. The Kier molecular flexibility index (Phi) is 8.25. The molecule has 1 unspecified atom stereocenters. The van der Waals surface area contributed by atoms with Crippen LogP contribution in [0.3, 0.4) is 0 Å². The van der Waals surface area contributed by atoms with Gasteiger partial charge in [-0.15, -0.1) is 0 Å². The lowest BCUT2D eigenvalue weighted by Crippen LogP contribution is -2.30. The van der Waals surface area contributed by atoms with Crippen LogP contribution in [0.15, 0.2) is 54.6 Å². The normalized spacial score (nSPS) is 11.8. The van der Waals surface area contributed by atoms with Crippen LogP contribution in [0.2, 0.25) is 5.02 Å². The van der Waals surface area contributed by atoms with Crippen molar-refractivity contribution in [3.05, 3.63) is 65.2 Å². The van der Waals surface area contributed by atoms with Gasteiger partial charge >= 0.3 is 5.97 Å². The molecule has 0 saturated heterocycles. The molecule has 0 aromatic heterocycles. The highest BCUT2D eigenvalue weighted by atomic mass is 35.5. The van der Waals surface area contributed by atoms with Crippen molar-refractivity contribution in [3.63, 3.8) is 0 Å². The van der Waals surface area contributed by atoms with Crippen LogP contribution in [-0.2, 0) is 14.2 Å². The average Bonchev–Trinajstić information content (AvgIpc) is 2.65. The summed E-state index contributed by atoms with van der Waals surface area (Å²) in [5, 5.41) is 0.627. The molecule has 25 heavy (non-hydrogen) atoms. The van der Waals surface area contributed by atoms with Crippen LogP contribution in [-0.4, -0.2) is 45.6 Å². The van der Waals surface area contributed by atoms with Crippen molar-refractivity contribution in [1.82, 2.24) is 0 Å². The van der Waals surface area contributed by atoms with Crippen LogP contribution >= 0.6 is 11.6 Å². The quantitative estimate of drug-likeness (QED) is 0.476. The molecular formula is C19H21ClO5. The molecular weight excluding hydrogens is 344 g/mol. The lowest BCUT2D eigenvalue weighted by atomic mass is 10.2. The first-order valence-corrected chi connectivity index (χ1v) is 8.28. The minimum atomic E-state index is -0.541. The predicted molar refractivity (Wildman–Crippen MR) is 95.3 cm³/mol. The van der Waals surface area contributed by atoms with Gasteiger partial charge in [-0.3, -0.25) is 0 Å². The molecule has 0 saturated carbocycles. The van der Waals surface area contributed by atoms with Crippen molar-refractivity contribution >= 4 is 17.6 Å². The first kappa shape index (κ1) is 19.2. The molecule has 0 heterocycles. The molecule has 2 rings (SSSR count). The first-order chi connectivity index (χ1) is 12.2. The van der Waals surface area contributed by atoms with E-state index in [0.29, 0.717) is 29.5 Å². The summed E-state index contributed by atoms with van der Waals surface area (Å²) < 4.78 is 21.6. The van der Waals surface area contributed by atoms with Gasteiger partial charge in [0.2, 0.25) is 0 Å². The minimum absolute atomic E-state index is 0.174. The summed E-state index contributed by atoms with van der Waals surface area (Å²) in [6, 6.07) is 15.8. The molecule has 0 bridgehead atoms. The minimum Gasteiger partial charge on any atom is -0.490 e. The summed E-state index contributed by atoms with van der Waals surface area (Å²) in [5.74, 6) is 0.225. The summed E-state index contributed by atoms with van der Waals surface area (Å²) in [4.78, 5) is 12.2. The van der Waals surface area contributed by atoms with Crippen LogP contribution in [0.5, 0.6) is 5.75 Å². The third-order valence-electron chi connectivity index (χ3n) is 3.27. The molecule has 0 aliphatic rings. The van der Waals surface area contributed by atoms with Crippen LogP contribution < -0.4 is 4.74 Å². The maximum Gasteiger partial charge on any atom is 0.338 e. The van der Waals surface area contributed by atoms with Gasteiger partial charge in [0.1, 0.15) is 12.4 Å². The first-order valence-electron chi connectivity index (χ1n) is 7.90. The highest BCUT2D eigenvalue weighted by Gasteiger charge is 2.17. The zero-order chi connectivity index (χ0) is 17.9. The molecule has 2 aromatic rings. The fourth-order valence-corrected chi connectivity index (χ4v) is 2.11. The van der Waals surface area contributed by atoms with Crippen molar-refractivity contribution in [1.29, 1.82) is 0 Å². The van der Waals surface area contributed by atoms with Gasteiger partial charge in [-0.1, -0.05) is 29.8 Å². The third-order valence-corrected chi connectivity index (χ3v) is 3.52. The standard InChI is InChI=1S/C19H21ClO5/c1-22-11-12-23-13-18(14-24-17-9-7-16(20)8-10-17)25-19(21)15-5-3-2-4-6-15/h2-10,18H,11-14H2,1H3. The van der Waals surface area contributed by atoms with Crippen molar-refractivity contribution in [2.45, 2.75) is 6.10 Å². The maximum absolute atomic E-state index is 12.2. The average molecular weight is 365 g/mol. The molecule has 1 atom stereocenters. The number of carbonyl (C=O) groups is 1. The van der Waals surface area contributed by atoms with Crippen LogP contribution in [0, 0.1) is 0 Å². The van der Waals surface area contributed by atoms with E-state index in [2.05, 4.69) is 0 Å². The summed E-state index contributed by atoms with van der Waals surface area (Å²) in [5.41, 5.74) is 0.482. The molecule has 0 fully saturated rings. The van der Waals surface area contributed by atoms with Crippen LogP contribution in [0.4, 0.5) is 0 Å². The fourth-order valence-electron chi connectivity index (χ4n) is 1.99. The molecule has 0 radical (unpaired) electrons. The van der Waals surface area contributed by atoms with Crippen molar-refractivity contribution in [2.75, 3.05) is 33.5 Å². The largest absolute Gasteiger partial charge is 0.490 e. The number of esters is 1. The van der Waals surface area contributed by atoms with Crippen LogP contribution in [0.25, 0.3) is 0 Å². The Morgan fingerprint density at radius 3 is 2.40 bits per heavy atom. The highest BCUT2D eigenvalue weighted by Crippen LogP contribution is 2.16. The number of hydrogen-bond acceptors (Lipinski definition) is 5. The lowest BCUT2D eigenvalue weighted by molar-refractivity contribution is -0.0276. The Labute approximate surface area is 152 Å². The van der Waals surface area contributed by atoms with E-state index in [1.807, 2.05) is 6.07 Å². The molecule has 0 N–H and O–H groups in total. The third kappa shape index (κ3) is 7.13. The van der Waals surface area contributed by atoms with E-state index < -0.39 is 12.1 Å². The number of rotatable bonds is 10. The number of halogens is 1. The molecule has 134 valence electrons. The SMILES string of the molecule is COCCOCC(COc1ccc(Cl)cc1)OC(=O)c1ccccc1. The van der Waals surface area contributed by atoms with Gasteiger partial charge in [-0.05, 0) is 36.4 Å². The summed E-state index contributed by atoms with van der Waals surface area (Å²) in [6.45, 7) is 1.27. The predicted octanol–water partition coefficient (Wildman–Crippen LogP) is 3.61. The molecule has 0 amide bonds. The monoisotopic (exact) mass is 364 g/mol. The number of hydrogen-bond donors (Lipinski definition) is 0. The Bertz CT molecular complexity index is 630. The van der Waals surface area contributed by atoms with Gasteiger partial charge in [0.25, 0.3) is 0 Å². The summed E-state index contributed by atoms with van der Waals surface area (Å²) in [7, 11) is 1.60. The van der Waals surface area contributed by atoms with Crippen LogP contribution in [0.1, 0.15) is 10.4 Å². The second-order valence-electron chi connectivity index (χ2n) is 5.23. The molecule has 0 spiro atoms. The van der Waals surface area contributed by atoms with E-state index in [9.17, 15) is 4.79 Å². The van der Waals surface area contributed by atoms with Gasteiger partial charge < -0.3 is 18.9 Å². The van der Waals surface area contributed by atoms with E-state index in [-0.39, 0.29) is 13.2 Å². The van der Waals surface area contributed by atoms with Gasteiger partial charge in [0.15, 0.2) is 6.10 Å². The van der Waals surface area contributed by atoms with E-state index in [1.165, 1.54) is 0 Å². The zero-order valence-corrected chi connectivity index (χ0v) is 14.8. The van der Waals surface area contributed by atoms with Gasteiger partial charge in [0.05, 0.1) is 25.4 Å². The molecule has 6 heteroatoms. The van der Waals surface area contributed by atoms with E-state index >= 15 is 0 Å². The topological polar surface area (TPSA) is 54.0 Å². The molecule has 5 nitrogen and oxygen atoms in total. The Morgan fingerprint density at radius 2 is 1.72 bits per heavy atom. The van der Waals surface area contributed by atoms with Gasteiger partial charge in [-0.2, -0.15) is 0 Å². The second-order valence-corrected chi connectivity index (χ2v) is 5.66. The molecule has 0 aliphatic carbocycles. The lowest BCUT2D eigenvalue weighted by Gasteiger charge is -2.19. The van der Waals surface area contributed by atoms with Gasteiger partial charge in [0, 0.05) is 12.1 Å². The number of ether oxygens (including phenoxy) is 4. The smallest absolute Gasteiger partial charge is 0.338 e. The van der Waals surface area contributed by atoms with Crippen molar-refractivity contribution in [3.8, 4) is 5.75 Å². The number of benzene rings is 2. The number of methoxy groups -OCH3 is 1. The Morgan fingerprint density at radius 1 is 1.00 bits per heavy atom.